The van der Waals surface area contributed by atoms with E-state index in [0.29, 0.717) is 11.3 Å². The lowest BCUT2D eigenvalue weighted by atomic mass is 10.1. The molecule has 1 aliphatic heterocycles. The number of carbonyl (C=O) groups is 2. The number of nitrogens with zero attached hydrogens (tertiary/aromatic N) is 1. The van der Waals surface area contributed by atoms with Gasteiger partial charge < -0.3 is 9.47 Å². The zero-order chi connectivity index (χ0) is 22.9. The number of fused-ring (bicyclic) bond motifs is 1. The molecule has 1 aromatic carbocycles. The van der Waals surface area contributed by atoms with E-state index in [4.69, 9.17) is 48.5 Å². The zero-order valence-electron chi connectivity index (χ0n) is 16.5. The van der Waals surface area contributed by atoms with Gasteiger partial charge in [-0.25, -0.2) is 9.69 Å². The molecule has 2 atom stereocenters. The third-order valence-electron chi connectivity index (χ3n) is 3.60. The van der Waals surface area contributed by atoms with Crippen molar-refractivity contribution >= 4 is 62.9 Å². The van der Waals surface area contributed by atoms with E-state index in [1.807, 2.05) is 0 Å². The highest BCUT2D eigenvalue weighted by molar-refractivity contribution is 7.84. The van der Waals surface area contributed by atoms with Crippen LogP contribution in [0.15, 0.2) is 24.3 Å². The van der Waals surface area contributed by atoms with Crippen molar-refractivity contribution in [3.8, 4) is 0 Å². The third kappa shape index (κ3) is 6.86. The van der Waals surface area contributed by atoms with Gasteiger partial charge in [-0.2, -0.15) is 13.1 Å². The van der Waals surface area contributed by atoms with Crippen molar-refractivity contribution in [2.75, 3.05) is 11.5 Å². The highest BCUT2D eigenvalue weighted by atomic mass is 35.6. The van der Waals surface area contributed by atoms with Crippen LogP contribution in [0, 0.1) is 0 Å². The first kappa shape index (κ1) is 25.0. The van der Waals surface area contributed by atoms with E-state index in [1.165, 1.54) is 0 Å². The second-order valence-electron chi connectivity index (χ2n) is 7.34. The molecule has 13 heteroatoms. The van der Waals surface area contributed by atoms with Gasteiger partial charge in [0.05, 0.1) is 5.69 Å². The molecule has 1 aromatic rings. The van der Waals surface area contributed by atoms with Crippen LogP contribution in [-0.4, -0.2) is 42.7 Å². The first-order valence-electron chi connectivity index (χ1n) is 8.61. The number of anilines is 1. The molecule has 0 aliphatic carbocycles. The first-order valence-corrected chi connectivity index (χ1v) is 11.2. The SMILES string of the molecule is CC(=O)O[C@H]1[C@@H](NS(=O)(=O)OCC(Cl)(Cl)Cl)c2ccccc2N1C(=O)OC(C)(C)C. The van der Waals surface area contributed by atoms with E-state index in [-0.39, 0.29) is 0 Å². The number of rotatable bonds is 5. The summed E-state index contributed by atoms with van der Waals surface area (Å²) in [5.74, 6) is -0.743. The molecule has 0 radical (unpaired) electrons. The van der Waals surface area contributed by atoms with Crippen LogP contribution in [0.3, 0.4) is 0 Å². The average molecular weight is 504 g/mol. The molecule has 0 bridgehead atoms. The lowest BCUT2D eigenvalue weighted by Gasteiger charge is -2.30. The quantitative estimate of drug-likeness (QED) is 0.483. The molecule has 1 amide bonds. The van der Waals surface area contributed by atoms with Crippen LogP contribution in [0.5, 0.6) is 0 Å². The summed E-state index contributed by atoms with van der Waals surface area (Å²) >= 11 is 16.6. The van der Waals surface area contributed by atoms with Crippen LogP contribution in [-0.2, 0) is 28.8 Å². The number of hydrogen-bond donors (Lipinski definition) is 1. The summed E-state index contributed by atoms with van der Waals surface area (Å²) in [6.07, 6.45) is -2.20. The summed E-state index contributed by atoms with van der Waals surface area (Å²) in [6, 6.07) is 5.20. The fraction of sp³-hybridized carbons (Fsp3) is 0.529. The van der Waals surface area contributed by atoms with E-state index in [2.05, 4.69) is 4.72 Å². The molecule has 2 rings (SSSR count). The summed E-state index contributed by atoms with van der Waals surface area (Å²) in [5.41, 5.74) is -0.194. The Balaban J connectivity index is 2.43. The molecule has 0 aromatic heterocycles. The number of ether oxygens (including phenoxy) is 2. The number of carbonyl (C=O) groups excluding carboxylic acids is 2. The van der Waals surface area contributed by atoms with Crippen molar-refractivity contribution in [2.45, 2.75) is 49.4 Å². The smallest absolute Gasteiger partial charge is 0.417 e. The molecule has 30 heavy (non-hydrogen) atoms. The van der Waals surface area contributed by atoms with Crippen LogP contribution < -0.4 is 9.62 Å². The summed E-state index contributed by atoms with van der Waals surface area (Å²) in [4.78, 5) is 25.6. The van der Waals surface area contributed by atoms with Gasteiger partial charge in [0, 0.05) is 6.92 Å². The van der Waals surface area contributed by atoms with Crippen LogP contribution in [0.4, 0.5) is 10.5 Å². The van der Waals surface area contributed by atoms with Crippen molar-refractivity contribution in [1.82, 2.24) is 4.72 Å². The molecule has 0 saturated heterocycles. The number of para-hydroxylation sites is 1. The van der Waals surface area contributed by atoms with Gasteiger partial charge in [0.25, 0.3) is 0 Å². The molecule has 0 saturated carbocycles. The maximum Gasteiger partial charge on any atom is 0.417 e. The van der Waals surface area contributed by atoms with Gasteiger partial charge in [0.1, 0.15) is 18.2 Å². The number of halogens is 3. The Morgan fingerprint density at radius 2 is 1.77 bits per heavy atom. The fourth-order valence-corrected chi connectivity index (χ4v) is 3.98. The van der Waals surface area contributed by atoms with E-state index < -0.39 is 50.6 Å². The topological polar surface area (TPSA) is 111 Å². The normalized spacial score (nSPS) is 19.4. The molecule has 9 nitrogen and oxygen atoms in total. The molecular weight excluding hydrogens is 483 g/mol. The van der Waals surface area contributed by atoms with Crippen LogP contribution >= 0.6 is 34.8 Å². The molecule has 168 valence electrons. The molecule has 1 N–H and O–H groups in total. The van der Waals surface area contributed by atoms with Gasteiger partial charge in [-0.05, 0) is 32.4 Å². The summed E-state index contributed by atoms with van der Waals surface area (Å²) < 4.78 is 40.4. The van der Waals surface area contributed by atoms with Gasteiger partial charge in [0.2, 0.25) is 10.0 Å². The predicted octanol–water partition coefficient (Wildman–Crippen LogP) is 3.59. The van der Waals surface area contributed by atoms with E-state index in [0.717, 1.165) is 11.8 Å². The van der Waals surface area contributed by atoms with Crippen LogP contribution in [0.1, 0.15) is 39.3 Å². The van der Waals surface area contributed by atoms with E-state index >= 15 is 0 Å². The minimum absolute atomic E-state index is 0.298. The van der Waals surface area contributed by atoms with Gasteiger partial charge in [0.15, 0.2) is 0 Å². The Bertz CT molecular complexity index is 913. The zero-order valence-corrected chi connectivity index (χ0v) is 19.6. The average Bonchev–Trinajstić information content (AvgIpc) is 2.84. The number of hydrogen-bond acceptors (Lipinski definition) is 7. The minimum atomic E-state index is -4.47. The van der Waals surface area contributed by atoms with Crippen molar-refractivity contribution in [1.29, 1.82) is 0 Å². The standard InChI is InChI=1S/C17H21Cl3N2O7S/c1-10(23)28-14-13(21-30(25,26)27-9-17(18,19)20)11-7-5-6-8-12(11)22(14)15(24)29-16(2,3)4/h5-8,13-14,21H,9H2,1-4H3/t13-,14-/m0/s1. The monoisotopic (exact) mass is 502 g/mol. The van der Waals surface area contributed by atoms with E-state index in [9.17, 15) is 18.0 Å². The minimum Gasteiger partial charge on any atom is -0.443 e. The number of amides is 1. The fourth-order valence-electron chi connectivity index (χ4n) is 2.67. The molecule has 1 heterocycles. The van der Waals surface area contributed by atoms with Crippen LogP contribution in [0.2, 0.25) is 0 Å². The van der Waals surface area contributed by atoms with Gasteiger partial charge >= 0.3 is 22.4 Å². The second-order valence-corrected chi connectivity index (χ2v) is 11.2. The summed E-state index contributed by atoms with van der Waals surface area (Å²) in [5, 5.41) is 0. The second kappa shape index (κ2) is 9.05. The Hall–Kier alpha value is -1.30. The summed E-state index contributed by atoms with van der Waals surface area (Å²) in [6.45, 7) is 5.37. The maximum atomic E-state index is 12.8. The Morgan fingerprint density at radius 3 is 2.30 bits per heavy atom. The Labute approximate surface area is 189 Å². The maximum absolute atomic E-state index is 12.8. The number of benzene rings is 1. The van der Waals surface area contributed by atoms with Crippen molar-refractivity contribution in [2.24, 2.45) is 0 Å². The van der Waals surface area contributed by atoms with Crippen molar-refractivity contribution < 1.29 is 31.7 Å². The van der Waals surface area contributed by atoms with Crippen LogP contribution in [0.25, 0.3) is 0 Å². The van der Waals surface area contributed by atoms with Gasteiger partial charge in [-0.1, -0.05) is 53.0 Å². The molecule has 0 spiro atoms. The van der Waals surface area contributed by atoms with Crippen molar-refractivity contribution in [3.63, 3.8) is 0 Å². The number of alkyl halides is 3. The van der Waals surface area contributed by atoms with Crippen molar-refractivity contribution in [3.05, 3.63) is 29.8 Å². The predicted molar refractivity (Wildman–Crippen MR) is 112 cm³/mol. The molecule has 1 aliphatic rings. The van der Waals surface area contributed by atoms with E-state index in [1.54, 1.807) is 45.0 Å². The lowest BCUT2D eigenvalue weighted by Crippen LogP contribution is -2.48. The Kier molecular flexibility index (Phi) is 7.53. The molecular formula is C17H21Cl3N2O7S. The Morgan fingerprint density at radius 1 is 1.17 bits per heavy atom. The third-order valence-corrected chi connectivity index (χ3v) is 4.90. The largest absolute Gasteiger partial charge is 0.443 e. The van der Waals surface area contributed by atoms with Gasteiger partial charge in [-0.15, -0.1) is 0 Å². The number of nitrogens with one attached hydrogen (secondary N) is 1. The number of esters is 1. The first-order chi connectivity index (χ1) is 13.6. The highest BCUT2D eigenvalue weighted by Crippen LogP contribution is 2.41. The van der Waals surface area contributed by atoms with Gasteiger partial charge in [-0.3, -0.25) is 8.98 Å². The molecule has 0 unspecified atom stereocenters. The molecule has 0 fully saturated rings. The summed E-state index contributed by atoms with van der Waals surface area (Å²) in [7, 11) is -4.47. The highest BCUT2D eigenvalue weighted by Gasteiger charge is 2.47. The lowest BCUT2D eigenvalue weighted by molar-refractivity contribution is -0.147.